The van der Waals surface area contributed by atoms with Gasteiger partial charge in [0.25, 0.3) is 0 Å². The first-order valence-corrected chi connectivity index (χ1v) is 4.17. The molecule has 0 bridgehead atoms. The number of nitriles is 3. The smallest absolute Gasteiger partial charge is 0.153 e. The summed E-state index contributed by atoms with van der Waals surface area (Å²) in [6, 6.07) is 6.70. The van der Waals surface area contributed by atoms with Crippen molar-refractivity contribution < 1.29 is 4.42 Å². The molecule has 0 saturated carbocycles. The van der Waals surface area contributed by atoms with Crippen molar-refractivity contribution in [3.63, 3.8) is 0 Å². The third-order valence-electron chi connectivity index (χ3n) is 1.76. The lowest BCUT2D eigenvalue weighted by Gasteiger charge is -1.97. The molecule has 2 N–H and O–H groups in total. The van der Waals surface area contributed by atoms with Crippen LogP contribution in [0.2, 0.25) is 0 Å². The van der Waals surface area contributed by atoms with Crippen molar-refractivity contribution in [1.29, 1.82) is 15.8 Å². The van der Waals surface area contributed by atoms with E-state index in [0.717, 1.165) is 0 Å². The molecule has 0 amide bonds. The summed E-state index contributed by atoms with van der Waals surface area (Å²) in [5, 5.41) is 26.1. The number of nitrogens with zero attached hydrogens (tertiary/aromatic N) is 3. The molecular weight excluding hydrogens is 204 g/mol. The van der Waals surface area contributed by atoms with Gasteiger partial charge in [0.1, 0.15) is 18.2 Å². The summed E-state index contributed by atoms with van der Waals surface area (Å²) in [5.74, 6) is 0. The van der Waals surface area contributed by atoms with E-state index in [1.165, 1.54) is 18.6 Å². The van der Waals surface area contributed by atoms with Gasteiger partial charge in [0, 0.05) is 5.56 Å². The molecule has 0 aliphatic rings. The predicted molar refractivity (Wildman–Crippen MR) is 54.7 cm³/mol. The minimum atomic E-state index is -0.281. The summed E-state index contributed by atoms with van der Waals surface area (Å²) in [5.41, 5.74) is 5.80. The Balaban J connectivity index is 3.22. The maximum absolute atomic E-state index is 8.85. The van der Waals surface area contributed by atoms with E-state index in [-0.39, 0.29) is 16.8 Å². The molecule has 1 aromatic heterocycles. The van der Waals surface area contributed by atoms with Gasteiger partial charge in [-0.1, -0.05) is 0 Å². The van der Waals surface area contributed by atoms with E-state index in [1.54, 1.807) is 18.2 Å². The Labute approximate surface area is 91.9 Å². The molecule has 0 saturated heterocycles. The standard InChI is InChI=1S/C11H6N4O/c12-4-9(3-8-1-2-16-7-8)11(15)10(5-13)6-14/h1-3,7H,15H2/b9-3-. The van der Waals surface area contributed by atoms with Crippen LogP contribution in [0.4, 0.5) is 0 Å². The summed E-state index contributed by atoms with van der Waals surface area (Å²) in [7, 11) is 0. The van der Waals surface area contributed by atoms with Crippen LogP contribution >= 0.6 is 0 Å². The van der Waals surface area contributed by atoms with Gasteiger partial charge in [-0.25, -0.2) is 0 Å². The highest BCUT2D eigenvalue weighted by atomic mass is 16.3. The third-order valence-corrected chi connectivity index (χ3v) is 1.76. The molecule has 0 radical (unpaired) electrons. The van der Waals surface area contributed by atoms with Crippen molar-refractivity contribution >= 4 is 6.08 Å². The molecule has 1 aromatic rings. The Morgan fingerprint density at radius 1 is 1.25 bits per heavy atom. The van der Waals surface area contributed by atoms with Gasteiger partial charge in [0.05, 0.1) is 23.8 Å². The summed E-state index contributed by atoms with van der Waals surface area (Å²) in [6.45, 7) is 0. The molecule has 0 aliphatic carbocycles. The minimum Gasteiger partial charge on any atom is -0.472 e. The molecule has 0 unspecified atom stereocenters. The van der Waals surface area contributed by atoms with Crippen LogP contribution in [0.3, 0.4) is 0 Å². The Bertz CT molecular complexity index is 543. The second-order valence-electron chi connectivity index (χ2n) is 2.74. The predicted octanol–water partition coefficient (Wildman–Crippen LogP) is 1.45. The minimum absolute atomic E-state index is 0.0551. The van der Waals surface area contributed by atoms with E-state index >= 15 is 0 Å². The fourth-order valence-corrected chi connectivity index (χ4v) is 0.974. The second-order valence-corrected chi connectivity index (χ2v) is 2.74. The van der Waals surface area contributed by atoms with Crippen LogP contribution in [-0.2, 0) is 0 Å². The Kier molecular flexibility index (Phi) is 3.50. The highest BCUT2D eigenvalue weighted by Crippen LogP contribution is 2.13. The summed E-state index contributed by atoms with van der Waals surface area (Å²) < 4.78 is 4.81. The summed E-state index contributed by atoms with van der Waals surface area (Å²) >= 11 is 0. The Morgan fingerprint density at radius 2 is 1.94 bits per heavy atom. The Morgan fingerprint density at radius 3 is 2.38 bits per heavy atom. The fraction of sp³-hybridized carbons (Fsp3) is 0. The normalized spacial score (nSPS) is 9.69. The van der Waals surface area contributed by atoms with E-state index in [1.807, 2.05) is 6.07 Å². The number of hydrogen-bond donors (Lipinski definition) is 1. The number of nitrogens with two attached hydrogens (primary N) is 1. The molecule has 16 heavy (non-hydrogen) atoms. The molecule has 1 heterocycles. The topological polar surface area (TPSA) is 111 Å². The highest BCUT2D eigenvalue weighted by Gasteiger charge is 2.07. The zero-order valence-electron chi connectivity index (χ0n) is 8.14. The zero-order chi connectivity index (χ0) is 12.0. The van der Waals surface area contributed by atoms with E-state index < -0.39 is 0 Å². The lowest BCUT2D eigenvalue weighted by molar-refractivity contribution is 0.567. The molecule has 5 nitrogen and oxygen atoms in total. The zero-order valence-corrected chi connectivity index (χ0v) is 8.14. The first kappa shape index (κ1) is 11.1. The average Bonchev–Trinajstić information content (AvgIpc) is 2.80. The largest absolute Gasteiger partial charge is 0.472 e. The lowest BCUT2D eigenvalue weighted by atomic mass is 10.1. The maximum atomic E-state index is 8.85. The van der Waals surface area contributed by atoms with Crippen LogP contribution in [0, 0.1) is 34.0 Å². The van der Waals surface area contributed by atoms with Crippen molar-refractivity contribution in [3.8, 4) is 18.2 Å². The number of allylic oxidation sites excluding steroid dienone is 2. The average molecular weight is 210 g/mol. The maximum Gasteiger partial charge on any atom is 0.153 e. The lowest BCUT2D eigenvalue weighted by Crippen LogP contribution is -2.03. The first-order chi connectivity index (χ1) is 7.72. The Hall–Kier alpha value is -2.97. The van der Waals surface area contributed by atoms with Crippen molar-refractivity contribution in [2.24, 2.45) is 5.73 Å². The number of furan rings is 1. The number of rotatable bonds is 2. The molecular formula is C11H6N4O. The first-order valence-electron chi connectivity index (χ1n) is 4.17. The molecule has 5 heteroatoms. The second kappa shape index (κ2) is 5.05. The van der Waals surface area contributed by atoms with Crippen LogP contribution in [0.5, 0.6) is 0 Å². The molecule has 0 fully saturated rings. The van der Waals surface area contributed by atoms with Crippen molar-refractivity contribution in [2.75, 3.05) is 0 Å². The molecule has 0 spiro atoms. The van der Waals surface area contributed by atoms with Gasteiger partial charge in [-0.15, -0.1) is 0 Å². The van der Waals surface area contributed by atoms with E-state index in [0.29, 0.717) is 5.56 Å². The SMILES string of the molecule is N#CC(C#N)=C(N)/C(C#N)=C\c1ccoc1. The fourth-order valence-electron chi connectivity index (χ4n) is 0.974. The van der Waals surface area contributed by atoms with Crippen molar-refractivity contribution in [3.05, 3.63) is 41.0 Å². The third kappa shape index (κ3) is 2.29. The summed E-state index contributed by atoms with van der Waals surface area (Å²) in [6.07, 6.45) is 4.30. The van der Waals surface area contributed by atoms with Crippen LogP contribution in [-0.4, -0.2) is 0 Å². The molecule has 1 rings (SSSR count). The van der Waals surface area contributed by atoms with Gasteiger partial charge in [-0.2, -0.15) is 15.8 Å². The van der Waals surface area contributed by atoms with Crippen LogP contribution < -0.4 is 5.73 Å². The molecule has 0 atom stereocenters. The van der Waals surface area contributed by atoms with Crippen molar-refractivity contribution in [2.45, 2.75) is 0 Å². The van der Waals surface area contributed by atoms with Crippen LogP contribution in [0.1, 0.15) is 5.56 Å². The van der Waals surface area contributed by atoms with Crippen LogP contribution in [0.15, 0.2) is 39.9 Å². The molecule has 0 aliphatic heterocycles. The van der Waals surface area contributed by atoms with Gasteiger partial charge in [0.15, 0.2) is 5.57 Å². The van der Waals surface area contributed by atoms with Gasteiger partial charge in [0.2, 0.25) is 0 Å². The highest BCUT2D eigenvalue weighted by molar-refractivity contribution is 5.65. The summed E-state index contributed by atoms with van der Waals surface area (Å²) in [4.78, 5) is 0. The van der Waals surface area contributed by atoms with Gasteiger partial charge >= 0.3 is 0 Å². The number of hydrogen-bond acceptors (Lipinski definition) is 5. The van der Waals surface area contributed by atoms with Gasteiger partial charge in [-0.3, -0.25) is 0 Å². The van der Waals surface area contributed by atoms with Crippen molar-refractivity contribution in [1.82, 2.24) is 0 Å². The van der Waals surface area contributed by atoms with E-state index in [9.17, 15) is 0 Å². The van der Waals surface area contributed by atoms with Gasteiger partial charge < -0.3 is 10.2 Å². The quantitative estimate of drug-likeness (QED) is 0.586. The van der Waals surface area contributed by atoms with E-state index in [2.05, 4.69) is 0 Å². The molecule has 0 aromatic carbocycles. The van der Waals surface area contributed by atoms with Gasteiger partial charge in [-0.05, 0) is 12.1 Å². The molecule has 76 valence electrons. The van der Waals surface area contributed by atoms with E-state index in [4.69, 9.17) is 25.9 Å². The van der Waals surface area contributed by atoms with Crippen LogP contribution in [0.25, 0.3) is 6.08 Å². The monoisotopic (exact) mass is 210 g/mol.